The maximum atomic E-state index is 12.4. The van der Waals surface area contributed by atoms with E-state index < -0.39 is 5.41 Å². The zero-order valence-electron chi connectivity index (χ0n) is 15.1. The van der Waals surface area contributed by atoms with Crippen LogP contribution < -0.4 is 4.74 Å². The van der Waals surface area contributed by atoms with Crippen molar-refractivity contribution in [1.29, 1.82) is 0 Å². The predicted octanol–water partition coefficient (Wildman–Crippen LogP) is 4.01. The monoisotopic (exact) mass is 349 g/mol. The Kier molecular flexibility index (Phi) is 5.46. The fourth-order valence-electron chi connectivity index (χ4n) is 2.61. The first-order valence-corrected chi connectivity index (χ1v) is 8.69. The zero-order chi connectivity index (χ0) is 18.4. The van der Waals surface area contributed by atoms with E-state index in [0.717, 1.165) is 11.3 Å². The van der Waals surface area contributed by atoms with Crippen LogP contribution in [0.2, 0.25) is 0 Å². The molecule has 0 spiro atoms. The number of nitrogens with zero attached hydrogens (tertiary/aromatic N) is 3. The third-order valence-electron chi connectivity index (χ3n) is 4.48. The second-order valence-corrected chi connectivity index (χ2v) is 6.89. The van der Waals surface area contributed by atoms with Gasteiger partial charge in [-0.1, -0.05) is 56.3 Å². The molecule has 5 nitrogen and oxygen atoms in total. The molecule has 0 aliphatic heterocycles. The second-order valence-electron chi connectivity index (χ2n) is 6.89. The molecule has 26 heavy (non-hydrogen) atoms. The zero-order valence-corrected chi connectivity index (χ0v) is 15.1. The lowest BCUT2D eigenvalue weighted by Gasteiger charge is -2.23. The smallest absolute Gasteiger partial charge is 0.160 e. The summed E-state index contributed by atoms with van der Waals surface area (Å²) in [6.07, 6.45) is 3.63. The molecule has 0 amide bonds. The number of carbonyl (C=O) groups excluding carboxylic acids is 1. The summed E-state index contributed by atoms with van der Waals surface area (Å²) in [5, 5.41) is 3.98. The minimum absolute atomic E-state index is 0.117. The largest absolute Gasteiger partial charge is 0.494 e. The number of aromatic nitrogens is 3. The van der Waals surface area contributed by atoms with Crippen LogP contribution in [0, 0.1) is 5.41 Å². The summed E-state index contributed by atoms with van der Waals surface area (Å²) >= 11 is 0. The molecule has 0 fully saturated rings. The minimum Gasteiger partial charge on any atom is -0.494 e. The number of Topliss-reactive ketones (excluding diaryl/α,β-unsaturated/α-hetero) is 1. The van der Waals surface area contributed by atoms with Gasteiger partial charge in [0.1, 0.15) is 24.9 Å². The summed E-state index contributed by atoms with van der Waals surface area (Å²) in [6.45, 7) is 4.60. The van der Waals surface area contributed by atoms with Crippen molar-refractivity contribution in [3.05, 3.63) is 67.3 Å². The number of benzene rings is 2. The van der Waals surface area contributed by atoms with Crippen LogP contribution in [0.15, 0.2) is 67.3 Å². The summed E-state index contributed by atoms with van der Waals surface area (Å²) in [5.41, 5.74) is 1.86. The quantitative estimate of drug-likeness (QED) is 0.616. The number of hydrogen-bond donors (Lipinski definition) is 0. The molecular formula is C21H23N3O2. The van der Waals surface area contributed by atoms with Gasteiger partial charge in [-0.3, -0.25) is 4.79 Å². The van der Waals surface area contributed by atoms with Gasteiger partial charge in [-0.05, 0) is 29.7 Å². The van der Waals surface area contributed by atoms with Gasteiger partial charge in [-0.15, -0.1) is 0 Å². The molecule has 1 aromatic heterocycles. The molecule has 0 saturated heterocycles. The maximum Gasteiger partial charge on any atom is 0.160 e. The van der Waals surface area contributed by atoms with Crippen molar-refractivity contribution in [3.63, 3.8) is 0 Å². The maximum absolute atomic E-state index is 12.4. The van der Waals surface area contributed by atoms with E-state index in [9.17, 15) is 4.79 Å². The molecular weight excluding hydrogens is 326 g/mol. The fourth-order valence-corrected chi connectivity index (χ4v) is 2.61. The number of ether oxygens (including phenoxy) is 1. The summed E-state index contributed by atoms with van der Waals surface area (Å²) in [5.74, 6) is 0.926. The van der Waals surface area contributed by atoms with Crippen LogP contribution in [0.4, 0.5) is 0 Å². The van der Waals surface area contributed by atoms with Gasteiger partial charge in [0.25, 0.3) is 0 Å². The molecule has 3 rings (SSSR count). The van der Waals surface area contributed by atoms with Gasteiger partial charge >= 0.3 is 0 Å². The SMILES string of the molecule is CC(C)(CCOc1ccc(-c2ccccc2)cc1)C(=O)Cn1cncn1. The highest BCUT2D eigenvalue weighted by Crippen LogP contribution is 2.25. The standard InChI is InChI=1S/C21H23N3O2/c1-21(2,20(25)14-24-16-22-15-23-24)12-13-26-19-10-8-18(9-11-19)17-6-4-3-5-7-17/h3-11,15-16H,12-14H2,1-2H3. The lowest BCUT2D eigenvalue weighted by atomic mass is 9.85. The fraction of sp³-hybridized carbons (Fsp3) is 0.286. The van der Waals surface area contributed by atoms with Crippen LogP contribution >= 0.6 is 0 Å². The molecule has 0 saturated carbocycles. The van der Waals surface area contributed by atoms with E-state index in [1.165, 1.54) is 11.9 Å². The highest BCUT2D eigenvalue weighted by Gasteiger charge is 2.27. The normalized spacial score (nSPS) is 11.3. The van der Waals surface area contributed by atoms with Crippen molar-refractivity contribution in [1.82, 2.24) is 14.8 Å². The van der Waals surface area contributed by atoms with Gasteiger partial charge < -0.3 is 4.74 Å². The van der Waals surface area contributed by atoms with Crippen LogP contribution in [-0.2, 0) is 11.3 Å². The Morgan fingerprint density at radius 3 is 2.38 bits per heavy atom. The Bertz CT molecular complexity index is 825. The summed E-state index contributed by atoms with van der Waals surface area (Å²) in [6, 6.07) is 18.2. The van der Waals surface area contributed by atoms with Crippen molar-refractivity contribution in [2.24, 2.45) is 5.41 Å². The van der Waals surface area contributed by atoms with Crippen molar-refractivity contribution >= 4 is 5.78 Å². The molecule has 0 atom stereocenters. The summed E-state index contributed by atoms with van der Waals surface area (Å²) < 4.78 is 7.38. The molecule has 0 N–H and O–H groups in total. The van der Waals surface area contributed by atoms with Crippen LogP contribution in [0.3, 0.4) is 0 Å². The van der Waals surface area contributed by atoms with Crippen molar-refractivity contribution in [2.45, 2.75) is 26.8 Å². The van der Waals surface area contributed by atoms with E-state index in [2.05, 4.69) is 22.2 Å². The Labute approximate surface area is 153 Å². The topological polar surface area (TPSA) is 57.0 Å². The van der Waals surface area contributed by atoms with Gasteiger partial charge in [0.05, 0.1) is 6.61 Å². The van der Waals surface area contributed by atoms with E-state index in [-0.39, 0.29) is 12.3 Å². The van der Waals surface area contributed by atoms with Crippen LogP contribution in [0.1, 0.15) is 20.3 Å². The Hall–Kier alpha value is -2.95. The Morgan fingerprint density at radius 1 is 1.04 bits per heavy atom. The third-order valence-corrected chi connectivity index (χ3v) is 4.48. The van der Waals surface area contributed by atoms with Crippen molar-refractivity contribution in [2.75, 3.05) is 6.61 Å². The molecule has 0 aliphatic carbocycles. The van der Waals surface area contributed by atoms with Gasteiger partial charge in [0.2, 0.25) is 0 Å². The minimum atomic E-state index is -0.476. The lowest BCUT2D eigenvalue weighted by molar-refractivity contribution is -0.128. The molecule has 0 radical (unpaired) electrons. The van der Waals surface area contributed by atoms with Crippen molar-refractivity contribution < 1.29 is 9.53 Å². The molecule has 2 aromatic carbocycles. The van der Waals surface area contributed by atoms with Crippen LogP contribution in [-0.4, -0.2) is 27.2 Å². The molecule has 0 aliphatic rings. The highest BCUT2D eigenvalue weighted by molar-refractivity contribution is 5.83. The van der Waals surface area contributed by atoms with Crippen molar-refractivity contribution in [3.8, 4) is 16.9 Å². The summed E-state index contributed by atoms with van der Waals surface area (Å²) in [7, 11) is 0. The van der Waals surface area contributed by atoms with Gasteiger partial charge in [-0.2, -0.15) is 5.10 Å². The second kappa shape index (κ2) is 7.95. The highest BCUT2D eigenvalue weighted by atomic mass is 16.5. The van der Waals surface area contributed by atoms with E-state index in [1.807, 2.05) is 56.3 Å². The third kappa shape index (κ3) is 4.57. The van der Waals surface area contributed by atoms with E-state index in [0.29, 0.717) is 13.0 Å². The molecule has 134 valence electrons. The first-order chi connectivity index (χ1) is 12.5. The average molecular weight is 349 g/mol. The Morgan fingerprint density at radius 2 is 1.73 bits per heavy atom. The number of rotatable bonds is 8. The molecule has 1 heterocycles. The molecule has 5 heteroatoms. The first-order valence-electron chi connectivity index (χ1n) is 8.69. The number of hydrogen-bond acceptors (Lipinski definition) is 4. The number of carbonyl (C=O) groups is 1. The predicted molar refractivity (Wildman–Crippen MR) is 101 cm³/mol. The van der Waals surface area contributed by atoms with E-state index in [1.54, 1.807) is 11.0 Å². The van der Waals surface area contributed by atoms with Gasteiger partial charge in [-0.25, -0.2) is 9.67 Å². The van der Waals surface area contributed by atoms with E-state index in [4.69, 9.17) is 4.74 Å². The van der Waals surface area contributed by atoms with E-state index >= 15 is 0 Å². The average Bonchev–Trinajstić information content (AvgIpc) is 3.16. The lowest BCUT2D eigenvalue weighted by Crippen LogP contribution is -2.30. The van der Waals surface area contributed by atoms with Gasteiger partial charge in [0.15, 0.2) is 5.78 Å². The first kappa shape index (κ1) is 17.9. The summed E-state index contributed by atoms with van der Waals surface area (Å²) in [4.78, 5) is 16.3. The molecule has 0 bridgehead atoms. The van der Waals surface area contributed by atoms with Crippen LogP contribution in [0.25, 0.3) is 11.1 Å². The van der Waals surface area contributed by atoms with Crippen LogP contribution in [0.5, 0.6) is 5.75 Å². The Balaban J connectivity index is 1.51. The molecule has 3 aromatic rings. The number of ketones is 1. The van der Waals surface area contributed by atoms with Gasteiger partial charge in [0, 0.05) is 5.41 Å². The molecule has 0 unspecified atom stereocenters.